The lowest BCUT2D eigenvalue weighted by Gasteiger charge is -2.09. The normalized spacial score (nSPS) is 13.1. The van der Waals surface area contributed by atoms with E-state index >= 15 is 0 Å². The summed E-state index contributed by atoms with van der Waals surface area (Å²) in [6, 6.07) is 11.4. The minimum atomic E-state index is -0.110. The zero-order valence-corrected chi connectivity index (χ0v) is 12.7. The molecule has 0 radical (unpaired) electrons. The van der Waals surface area contributed by atoms with E-state index in [0.717, 1.165) is 38.6 Å². The fraction of sp³-hybridized carbons (Fsp3) is 0.176. The van der Waals surface area contributed by atoms with Crippen molar-refractivity contribution in [2.45, 2.75) is 24.5 Å². The lowest BCUT2D eigenvalue weighted by molar-refractivity contribution is -0.114. The van der Waals surface area contributed by atoms with Gasteiger partial charge in [0.25, 0.3) is 0 Å². The summed E-state index contributed by atoms with van der Waals surface area (Å²) in [7, 11) is 0. The molecule has 0 aromatic heterocycles. The number of benzene rings is 2. The maximum absolute atomic E-state index is 12.8. The van der Waals surface area contributed by atoms with Gasteiger partial charge in [0.15, 0.2) is 5.78 Å². The number of aryl methyl sites for hydroxylation is 1. The van der Waals surface area contributed by atoms with E-state index in [4.69, 9.17) is 0 Å². The zero-order valence-electron chi connectivity index (χ0n) is 11.9. The molecule has 1 aliphatic heterocycles. The van der Waals surface area contributed by atoms with E-state index in [9.17, 15) is 9.59 Å². The minimum Gasteiger partial charge on any atom is -0.326 e. The van der Waals surface area contributed by atoms with Crippen molar-refractivity contribution in [1.29, 1.82) is 0 Å². The molecule has 3 nitrogen and oxygen atoms in total. The number of fused-ring (bicyclic) bond motifs is 2. The second-order valence-electron chi connectivity index (χ2n) is 5.12. The van der Waals surface area contributed by atoms with Crippen LogP contribution in [-0.2, 0) is 10.5 Å². The third kappa shape index (κ3) is 2.59. The smallest absolute Gasteiger partial charge is 0.221 e. The van der Waals surface area contributed by atoms with Crippen LogP contribution in [0.1, 0.15) is 34.0 Å². The van der Waals surface area contributed by atoms with Crippen LogP contribution in [0.15, 0.2) is 41.3 Å². The second kappa shape index (κ2) is 5.37. The van der Waals surface area contributed by atoms with Gasteiger partial charge in [0.2, 0.25) is 5.91 Å². The molecule has 4 heteroatoms. The van der Waals surface area contributed by atoms with Crippen LogP contribution in [0.25, 0.3) is 0 Å². The molecule has 1 heterocycles. The molecule has 106 valence electrons. The highest BCUT2D eigenvalue weighted by Gasteiger charge is 2.23. The lowest BCUT2D eigenvalue weighted by Crippen LogP contribution is -2.09. The molecule has 0 saturated heterocycles. The summed E-state index contributed by atoms with van der Waals surface area (Å²) in [5, 5.41) is 2.76. The Labute approximate surface area is 127 Å². The number of rotatable bonds is 1. The fourth-order valence-corrected chi connectivity index (χ4v) is 3.68. The van der Waals surface area contributed by atoms with Crippen molar-refractivity contribution in [3.8, 4) is 0 Å². The van der Waals surface area contributed by atoms with Gasteiger partial charge in [0.05, 0.1) is 0 Å². The van der Waals surface area contributed by atoms with E-state index in [0.29, 0.717) is 0 Å². The van der Waals surface area contributed by atoms with E-state index in [1.807, 2.05) is 37.3 Å². The Hall–Kier alpha value is -2.07. The number of hydrogen-bond acceptors (Lipinski definition) is 3. The van der Waals surface area contributed by atoms with Crippen molar-refractivity contribution in [1.82, 2.24) is 0 Å². The Kier molecular flexibility index (Phi) is 3.55. The van der Waals surface area contributed by atoms with E-state index in [-0.39, 0.29) is 11.7 Å². The first kappa shape index (κ1) is 13.9. The average Bonchev–Trinajstić information content (AvgIpc) is 2.57. The summed E-state index contributed by atoms with van der Waals surface area (Å²) in [4.78, 5) is 25.0. The number of carbonyl (C=O) groups excluding carboxylic acids is 2. The van der Waals surface area contributed by atoms with Crippen LogP contribution in [-0.4, -0.2) is 11.7 Å². The molecule has 1 aliphatic rings. The van der Waals surface area contributed by atoms with Gasteiger partial charge in [0, 0.05) is 34.4 Å². The Morgan fingerprint density at radius 2 is 2.05 bits per heavy atom. The van der Waals surface area contributed by atoms with Gasteiger partial charge in [-0.15, -0.1) is 11.8 Å². The third-order valence-corrected chi connectivity index (χ3v) is 4.62. The highest BCUT2D eigenvalue weighted by atomic mass is 32.2. The van der Waals surface area contributed by atoms with Crippen molar-refractivity contribution in [2.75, 3.05) is 5.32 Å². The van der Waals surface area contributed by atoms with Crippen LogP contribution in [0.2, 0.25) is 0 Å². The van der Waals surface area contributed by atoms with Crippen LogP contribution < -0.4 is 5.32 Å². The van der Waals surface area contributed by atoms with Gasteiger partial charge in [-0.1, -0.05) is 12.1 Å². The fourth-order valence-electron chi connectivity index (χ4n) is 2.56. The van der Waals surface area contributed by atoms with E-state index in [1.54, 1.807) is 17.8 Å². The average molecular weight is 297 g/mol. The molecule has 3 rings (SSSR count). The maximum Gasteiger partial charge on any atom is 0.221 e. The Morgan fingerprint density at radius 1 is 1.24 bits per heavy atom. The first-order chi connectivity index (χ1) is 10.1. The number of amides is 1. The molecule has 0 bridgehead atoms. The third-order valence-electron chi connectivity index (χ3n) is 3.52. The predicted octanol–water partition coefficient (Wildman–Crippen LogP) is 3.79. The van der Waals surface area contributed by atoms with Crippen LogP contribution in [0.3, 0.4) is 0 Å². The topological polar surface area (TPSA) is 46.2 Å². The predicted molar refractivity (Wildman–Crippen MR) is 84.9 cm³/mol. The highest BCUT2D eigenvalue weighted by molar-refractivity contribution is 7.98. The Bertz CT molecular complexity index is 752. The summed E-state index contributed by atoms with van der Waals surface area (Å²) >= 11 is 1.66. The van der Waals surface area contributed by atoms with Crippen LogP contribution in [0.4, 0.5) is 5.69 Å². The number of anilines is 1. The molecule has 1 amide bonds. The molecular weight excluding hydrogens is 282 g/mol. The molecule has 0 spiro atoms. The lowest BCUT2D eigenvalue weighted by atomic mass is 9.96. The number of nitrogens with one attached hydrogen (secondary N) is 1. The molecule has 21 heavy (non-hydrogen) atoms. The van der Waals surface area contributed by atoms with Crippen molar-refractivity contribution < 1.29 is 9.59 Å². The number of ketones is 1. The quantitative estimate of drug-likeness (QED) is 0.871. The van der Waals surface area contributed by atoms with Gasteiger partial charge in [-0.2, -0.15) is 0 Å². The van der Waals surface area contributed by atoms with E-state index in [2.05, 4.69) is 5.32 Å². The number of hydrogen-bond donors (Lipinski definition) is 1. The monoisotopic (exact) mass is 297 g/mol. The molecule has 0 aliphatic carbocycles. The van der Waals surface area contributed by atoms with Gasteiger partial charge in [0.1, 0.15) is 0 Å². The maximum atomic E-state index is 12.8. The van der Waals surface area contributed by atoms with Gasteiger partial charge in [-0.05, 0) is 42.3 Å². The number of thioether (sulfide) groups is 1. The molecule has 2 aromatic carbocycles. The van der Waals surface area contributed by atoms with Crippen LogP contribution in [0.5, 0.6) is 0 Å². The Balaban J connectivity index is 2.08. The van der Waals surface area contributed by atoms with Crippen molar-refractivity contribution in [2.24, 2.45) is 0 Å². The minimum absolute atomic E-state index is 0.0671. The van der Waals surface area contributed by atoms with Crippen molar-refractivity contribution in [3.63, 3.8) is 0 Å². The van der Waals surface area contributed by atoms with E-state index in [1.165, 1.54) is 6.92 Å². The Morgan fingerprint density at radius 3 is 2.81 bits per heavy atom. The molecule has 0 fully saturated rings. The molecule has 0 atom stereocenters. The standard InChI is InChI=1S/C17H15NO2S/c1-10-4-3-5-15-16(10)17(20)14-7-6-13(18-11(2)19)8-12(14)9-21-15/h3-8H,9H2,1-2H3,(H,18,19). The number of carbonyl (C=O) groups is 2. The summed E-state index contributed by atoms with van der Waals surface area (Å²) < 4.78 is 0. The van der Waals surface area contributed by atoms with Crippen LogP contribution >= 0.6 is 11.8 Å². The van der Waals surface area contributed by atoms with Gasteiger partial charge >= 0.3 is 0 Å². The summed E-state index contributed by atoms with van der Waals surface area (Å²) in [6.07, 6.45) is 0. The van der Waals surface area contributed by atoms with Gasteiger partial charge in [-0.3, -0.25) is 9.59 Å². The van der Waals surface area contributed by atoms with Gasteiger partial charge < -0.3 is 5.32 Å². The van der Waals surface area contributed by atoms with Crippen molar-refractivity contribution in [3.05, 3.63) is 58.7 Å². The summed E-state index contributed by atoms with van der Waals surface area (Å²) in [5.74, 6) is 0.685. The molecule has 2 aromatic rings. The summed E-state index contributed by atoms with van der Waals surface area (Å²) in [6.45, 7) is 3.44. The molecule has 0 saturated carbocycles. The zero-order chi connectivity index (χ0) is 15.0. The first-order valence-electron chi connectivity index (χ1n) is 6.74. The first-order valence-corrected chi connectivity index (χ1v) is 7.72. The molecule has 1 N–H and O–H groups in total. The molecule has 0 unspecified atom stereocenters. The van der Waals surface area contributed by atoms with E-state index < -0.39 is 0 Å². The van der Waals surface area contributed by atoms with Crippen molar-refractivity contribution >= 4 is 29.1 Å². The SMILES string of the molecule is CC(=O)Nc1ccc2c(c1)CSc1cccc(C)c1C2=O. The van der Waals surface area contributed by atoms with Gasteiger partial charge in [-0.25, -0.2) is 0 Å². The highest BCUT2D eigenvalue weighted by Crippen LogP contribution is 2.36. The molecular formula is C17H15NO2S. The second-order valence-corrected chi connectivity index (χ2v) is 6.14. The van der Waals surface area contributed by atoms with Crippen LogP contribution in [0, 0.1) is 6.92 Å². The largest absolute Gasteiger partial charge is 0.326 e. The summed E-state index contributed by atoms with van der Waals surface area (Å²) in [5.41, 5.74) is 4.23.